The molecule has 0 aliphatic heterocycles. The standard InChI is InChI=1S/C28H38O/c1-3-5-7-9-22-11-14-24(15-12-22)25-16-18-26(19-17-25)27-20-13-23(21-28(27)29)10-8-6-4-2/h11-12,14-19,23,27H,3-10,13,20-21H2,1-2H3. The lowest BCUT2D eigenvalue weighted by Gasteiger charge is -2.27. The summed E-state index contributed by atoms with van der Waals surface area (Å²) in [6.07, 6.45) is 13.1. The highest BCUT2D eigenvalue weighted by molar-refractivity contribution is 5.86. The second kappa shape index (κ2) is 11.3. The molecule has 1 aliphatic carbocycles. The van der Waals surface area contributed by atoms with Gasteiger partial charge in [-0.15, -0.1) is 0 Å². The zero-order valence-corrected chi connectivity index (χ0v) is 18.5. The van der Waals surface area contributed by atoms with E-state index in [-0.39, 0.29) is 5.92 Å². The Hall–Kier alpha value is -1.89. The summed E-state index contributed by atoms with van der Waals surface area (Å²) >= 11 is 0. The lowest BCUT2D eigenvalue weighted by atomic mass is 9.76. The number of carbonyl (C=O) groups excluding carboxylic acids is 1. The Bertz CT molecular complexity index is 741. The summed E-state index contributed by atoms with van der Waals surface area (Å²) in [5, 5.41) is 0. The first-order valence-electron chi connectivity index (χ1n) is 11.9. The van der Waals surface area contributed by atoms with Gasteiger partial charge in [0.1, 0.15) is 5.78 Å². The predicted octanol–water partition coefficient (Wildman–Crippen LogP) is 8.12. The van der Waals surface area contributed by atoms with Gasteiger partial charge in [0.05, 0.1) is 0 Å². The maximum atomic E-state index is 12.7. The minimum absolute atomic E-state index is 0.118. The van der Waals surface area contributed by atoms with Crippen LogP contribution in [0.2, 0.25) is 0 Å². The van der Waals surface area contributed by atoms with Crippen molar-refractivity contribution in [2.24, 2.45) is 5.92 Å². The van der Waals surface area contributed by atoms with Gasteiger partial charge >= 0.3 is 0 Å². The first-order chi connectivity index (χ1) is 14.2. The summed E-state index contributed by atoms with van der Waals surface area (Å²) in [5.74, 6) is 1.20. The van der Waals surface area contributed by atoms with Crippen molar-refractivity contribution >= 4 is 5.78 Å². The van der Waals surface area contributed by atoms with E-state index in [2.05, 4.69) is 62.4 Å². The number of hydrogen-bond acceptors (Lipinski definition) is 1. The summed E-state index contributed by atoms with van der Waals surface area (Å²) in [4.78, 5) is 12.7. The maximum Gasteiger partial charge on any atom is 0.140 e. The van der Waals surface area contributed by atoms with Crippen molar-refractivity contribution in [1.29, 1.82) is 0 Å². The van der Waals surface area contributed by atoms with Crippen LogP contribution in [-0.4, -0.2) is 5.78 Å². The van der Waals surface area contributed by atoms with Crippen LogP contribution in [0, 0.1) is 5.92 Å². The predicted molar refractivity (Wildman–Crippen MR) is 124 cm³/mol. The van der Waals surface area contributed by atoms with Crippen molar-refractivity contribution in [3.63, 3.8) is 0 Å². The minimum Gasteiger partial charge on any atom is -0.299 e. The fourth-order valence-corrected chi connectivity index (χ4v) is 4.73. The van der Waals surface area contributed by atoms with Gasteiger partial charge in [0.15, 0.2) is 0 Å². The van der Waals surface area contributed by atoms with Crippen LogP contribution in [0.15, 0.2) is 48.5 Å². The molecule has 1 nitrogen and oxygen atoms in total. The van der Waals surface area contributed by atoms with Gasteiger partial charge in [-0.05, 0) is 53.9 Å². The summed E-state index contributed by atoms with van der Waals surface area (Å²) < 4.78 is 0. The van der Waals surface area contributed by atoms with Crippen LogP contribution in [0.25, 0.3) is 11.1 Å². The first-order valence-corrected chi connectivity index (χ1v) is 11.9. The molecule has 2 aromatic carbocycles. The molecule has 1 saturated carbocycles. The Morgan fingerprint density at radius 2 is 1.38 bits per heavy atom. The molecule has 3 rings (SSSR count). The van der Waals surface area contributed by atoms with E-state index in [1.807, 2.05) is 0 Å². The molecule has 2 atom stereocenters. The maximum absolute atomic E-state index is 12.7. The number of Topliss-reactive ketones (excluding diaryl/α,β-unsaturated/α-hetero) is 1. The summed E-state index contributed by atoms with van der Waals surface area (Å²) in [6, 6.07) is 17.8. The monoisotopic (exact) mass is 390 g/mol. The number of rotatable bonds is 10. The van der Waals surface area contributed by atoms with Crippen LogP contribution in [0.1, 0.15) is 95.1 Å². The lowest BCUT2D eigenvalue weighted by Crippen LogP contribution is -2.23. The average Bonchev–Trinajstić information content (AvgIpc) is 2.75. The fraction of sp³-hybridized carbons (Fsp3) is 0.536. The molecular formula is C28H38O. The molecular weight excluding hydrogens is 352 g/mol. The number of hydrogen-bond donors (Lipinski definition) is 0. The lowest BCUT2D eigenvalue weighted by molar-refractivity contribution is -0.123. The number of carbonyl (C=O) groups is 1. The molecule has 0 saturated heterocycles. The van der Waals surface area contributed by atoms with Gasteiger partial charge in [0.25, 0.3) is 0 Å². The molecule has 2 aromatic rings. The Balaban J connectivity index is 1.57. The van der Waals surface area contributed by atoms with Crippen molar-refractivity contribution in [3.8, 4) is 11.1 Å². The molecule has 156 valence electrons. The zero-order valence-electron chi connectivity index (χ0n) is 18.5. The van der Waals surface area contributed by atoms with E-state index in [0.29, 0.717) is 11.7 Å². The Morgan fingerprint density at radius 3 is 2.00 bits per heavy atom. The van der Waals surface area contributed by atoms with E-state index in [1.165, 1.54) is 80.0 Å². The summed E-state index contributed by atoms with van der Waals surface area (Å²) in [6.45, 7) is 4.49. The second-order valence-corrected chi connectivity index (χ2v) is 8.94. The quantitative estimate of drug-likeness (QED) is 0.374. The number of ketones is 1. The van der Waals surface area contributed by atoms with Crippen LogP contribution in [0.4, 0.5) is 0 Å². The van der Waals surface area contributed by atoms with Gasteiger partial charge in [-0.1, -0.05) is 101 Å². The molecule has 0 spiro atoms. The summed E-state index contributed by atoms with van der Waals surface area (Å²) in [7, 11) is 0. The Labute approximate surface area is 177 Å². The fourth-order valence-electron chi connectivity index (χ4n) is 4.73. The number of unbranched alkanes of at least 4 members (excludes halogenated alkanes) is 4. The van der Waals surface area contributed by atoms with Gasteiger partial charge in [-0.2, -0.15) is 0 Å². The largest absolute Gasteiger partial charge is 0.299 e. The molecule has 0 radical (unpaired) electrons. The topological polar surface area (TPSA) is 17.1 Å². The molecule has 29 heavy (non-hydrogen) atoms. The molecule has 0 aromatic heterocycles. The first kappa shape index (κ1) is 21.8. The number of benzene rings is 2. The third kappa shape index (κ3) is 6.29. The molecule has 0 bridgehead atoms. The van der Waals surface area contributed by atoms with Crippen molar-refractivity contribution in [2.75, 3.05) is 0 Å². The van der Waals surface area contributed by atoms with Crippen molar-refractivity contribution in [1.82, 2.24) is 0 Å². The van der Waals surface area contributed by atoms with Crippen LogP contribution in [0.5, 0.6) is 0 Å². The molecule has 1 aliphatic rings. The van der Waals surface area contributed by atoms with Crippen LogP contribution >= 0.6 is 0 Å². The molecule has 1 fully saturated rings. The van der Waals surface area contributed by atoms with Crippen molar-refractivity contribution in [2.45, 2.75) is 90.4 Å². The highest BCUT2D eigenvalue weighted by Crippen LogP contribution is 2.36. The molecule has 0 N–H and O–H groups in total. The molecule has 1 heteroatoms. The average molecular weight is 391 g/mol. The third-order valence-electron chi connectivity index (χ3n) is 6.63. The normalized spacial score (nSPS) is 19.4. The highest BCUT2D eigenvalue weighted by atomic mass is 16.1. The van der Waals surface area contributed by atoms with Gasteiger partial charge in [0, 0.05) is 12.3 Å². The Morgan fingerprint density at radius 1 is 0.759 bits per heavy atom. The van der Waals surface area contributed by atoms with Gasteiger partial charge in [-0.25, -0.2) is 0 Å². The van der Waals surface area contributed by atoms with E-state index < -0.39 is 0 Å². The molecule has 2 unspecified atom stereocenters. The smallest absolute Gasteiger partial charge is 0.140 e. The van der Waals surface area contributed by atoms with Crippen LogP contribution in [-0.2, 0) is 11.2 Å². The highest BCUT2D eigenvalue weighted by Gasteiger charge is 2.29. The van der Waals surface area contributed by atoms with Gasteiger partial charge in [0.2, 0.25) is 0 Å². The molecule has 0 heterocycles. The van der Waals surface area contributed by atoms with Crippen LogP contribution in [0.3, 0.4) is 0 Å². The Kier molecular flexibility index (Phi) is 8.52. The van der Waals surface area contributed by atoms with E-state index >= 15 is 0 Å². The zero-order chi connectivity index (χ0) is 20.5. The van der Waals surface area contributed by atoms with Crippen molar-refractivity contribution < 1.29 is 4.79 Å². The van der Waals surface area contributed by atoms with Crippen molar-refractivity contribution in [3.05, 3.63) is 59.7 Å². The third-order valence-corrected chi connectivity index (χ3v) is 6.63. The van der Waals surface area contributed by atoms with E-state index in [4.69, 9.17) is 0 Å². The van der Waals surface area contributed by atoms with E-state index in [9.17, 15) is 4.79 Å². The van der Waals surface area contributed by atoms with Crippen LogP contribution < -0.4 is 0 Å². The van der Waals surface area contributed by atoms with E-state index in [0.717, 1.165) is 12.8 Å². The number of aryl methyl sites for hydroxylation is 1. The second-order valence-electron chi connectivity index (χ2n) is 8.94. The SMILES string of the molecule is CCCCCc1ccc(-c2ccc(C3CCC(CCCCC)CC3=O)cc2)cc1. The van der Waals surface area contributed by atoms with Gasteiger partial charge in [-0.3, -0.25) is 4.79 Å². The van der Waals surface area contributed by atoms with E-state index in [1.54, 1.807) is 0 Å². The summed E-state index contributed by atoms with van der Waals surface area (Å²) in [5.41, 5.74) is 5.15. The molecule has 0 amide bonds. The minimum atomic E-state index is 0.118. The van der Waals surface area contributed by atoms with Gasteiger partial charge < -0.3 is 0 Å².